The summed E-state index contributed by atoms with van der Waals surface area (Å²) in [6, 6.07) is 0. The third-order valence-electron chi connectivity index (χ3n) is 1.63. The van der Waals surface area contributed by atoms with Gasteiger partial charge in [-0.1, -0.05) is 20.4 Å². The van der Waals surface area contributed by atoms with Crippen LogP contribution >= 0.6 is 0 Å². The van der Waals surface area contributed by atoms with E-state index in [-0.39, 0.29) is 5.41 Å². The Hall–Kier alpha value is -1.01. The first-order chi connectivity index (χ1) is 4.54. The fraction of sp³-hybridized carbons (Fsp3) is 0.500. The molecule has 2 heteroatoms. The van der Waals surface area contributed by atoms with Crippen LogP contribution in [0.5, 0.6) is 0 Å². The molecule has 2 N–H and O–H groups in total. The van der Waals surface area contributed by atoms with Gasteiger partial charge in [-0.05, 0) is 12.5 Å². The minimum atomic E-state index is -0.115. The number of allylic oxidation sites excluding steroid dienone is 1. The molecule has 0 radical (unpaired) electrons. The van der Waals surface area contributed by atoms with Crippen molar-refractivity contribution in [3.63, 3.8) is 0 Å². The van der Waals surface area contributed by atoms with E-state index in [0.717, 1.165) is 5.57 Å². The van der Waals surface area contributed by atoms with E-state index in [0.29, 0.717) is 0 Å². The number of nitrogens with zero attached hydrogens (tertiary/aromatic N) is 1. The first-order valence-electron chi connectivity index (χ1n) is 3.16. The molecule has 56 valence electrons. The fourth-order valence-corrected chi connectivity index (χ4v) is 0.511. The average molecular weight is 138 g/mol. The van der Waals surface area contributed by atoms with Crippen molar-refractivity contribution in [2.45, 2.75) is 20.8 Å². The van der Waals surface area contributed by atoms with Gasteiger partial charge >= 0.3 is 0 Å². The molecule has 0 aromatic carbocycles. The lowest BCUT2D eigenvalue weighted by atomic mass is 9.87. The van der Waals surface area contributed by atoms with Gasteiger partial charge in [0.05, 0.1) is 0 Å². The summed E-state index contributed by atoms with van der Waals surface area (Å²) in [5, 5.41) is 3.46. The second kappa shape index (κ2) is 3.23. The molecule has 0 aliphatic heterocycles. The molecule has 0 aliphatic rings. The standard InChI is InChI=1S/C8H14N2/c1-5-7(2)8(3,4)6-10-9/h6H,1,9H2,2-4H3/b10-6+. The van der Waals surface area contributed by atoms with Gasteiger partial charge in [0, 0.05) is 11.6 Å². The normalized spacial score (nSPS) is 11.5. The van der Waals surface area contributed by atoms with E-state index in [9.17, 15) is 0 Å². The van der Waals surface area contributed by atoms with Crippen LogP contribution in [0.25, 0.3) is 0 Å². The molecule has 0 unspecified atom stereocenters. The van der Waals surface area contributed by atoms with E-state index in [2.05, 4.69) is 17.4 Å². The van der Waals surface area contributed by atoms with Gasteiger partial charge in [0.15, 0.2) is 0 Å². The first-order valence-corrected chi connectivity index (χ1v) is 3.16. The zero-order valence-corrected chi connectivity index (χ0v) is 6.81. The quantitative estimate of drug-likeness (QED) is 0.268. The zero-order valence-electron chi connectivity index (χ0n) is 6.81. The molecule has 0 bridgehead atoms. The SMILES string of the molecule is C=C=C(C)C(C)(C)/C=N/N. The molecule has 0 aromatic heterocycles. The van der Waals surface area contributed by atoms with E-state index < -0.39 is 0 Å². The molecule has 0 aliphatic carbocycles. The van der Waals surface area contributed by atoms with Gasteiger partial charge in [0.2, 0.25) is 0 Å². The molecule has 0 atom stereocenters. The first kappa shape index (κ1) is 8.99. The predicted octanol–water partition coefficient (Wildman–Crippen LogP) is 1.69. The summed E-state index contributed by atoms with van der Waals surface area (Å²) in [5.74, 6) is 5.02. The number of hydrogen-bond donors (Lipinski definition) is 1. The molecular formula is C8H14N2. The smallest absolute Gasteiger partial charge is 0.0343 e. The van der Waals surface area contributed by atoms with Crippen molar-refractivity contribution in [2.75, 3.05) is 0 Å². The Morgan fingerprint density at radius 3 is 2.50 bits per heavy atom. The van der Waals surface area contributed by atoms with Gasteiger partial charge in [0.25, 0.3) is 0 Å². The van der Waals surface area contributed by atoms with E-state index in [1.54, 1.807) is 6.21 Å². The van der Waals surface area contributed by atoms with Crippen molar-refractivity contribution < 1.29 is 0 Å². The predicted molar refractivity (Wildman–Crippen MR) is 44.8 cm³/mol. The fourth-order valence-electron chi connectivity index (χ4n) is 0.511. The third kappa shape index (κ3) is 2.08. The van der Waals surface area contributed by atoms with Crippen molar-refractivity contribution in [3.05, 3.63) is 17.9 Å². The highest BCUT2D eigenvalue weighted by Crippen LogP contribution is 2.21. The maximum Gasteiger partial charge on any atom is 0.0343 e. The van der Waals surface area contributed by atoms with Crippen molar-refractivity contribution in [2.24, 2.45) is 16.4 Å². The molecule has 10 heavy (non-hydrogen) atoms. The summed E-state index contributed by atoms with van der Waals surface area (Å²) in [6.07, 6.45) is 1.68. The molecule has 2 nitrogen and oxygen atoms in total. The molecule has 0 saturated carbocycles. The van der Waals surface area contributed by atoms with Crippen LogP contribution in [0.2, 0.25) is 0 Å². The highest BCUT2D eigenvalue weighted by molar-refractivity contribution is 5.68. The Morgan fingerprint density at radius 1 is 1.70 bits per heavy atom. The van der Waals surface area contributed by atoms with E-state index in [1.165, 1.54) is 0 Å². The van der Waals surface area contributed by atoms with Crippen molar-refractivity contribution >= 4 is 6.21 Å². The summed E-state index contributed by atoms with van der Waals surface area (Å²) in [6.45, 7) is 9.52. The van der Waals surface area contributed by atoms with Gasteiger partial charge < -0.3 is 5.84 Å². The summed E-state index contributed by atoms with van der Waals surface area (Å²) >= 11 is 0. The van der Waals surface area contributed by atoms with Crippen LogP contribution in [-0.4, -0.2) is 6.21 Å². The zero-order chi connectivity index (χ0) is 8.20. The van der Waals surface area contributed by atoms with Crippen LogP contribution in [0.15, 0.2) is 23.0 Å². The van der Waals surface area contributed by atoms with E-state index >= 15 is 0 Å². The Kier molecular flexibility index (Phi) is 2.91. The maximum absolute atomic E-state index is 5.02. The van der Waals surface area contributed by atoms with Gasteiger partial charge in [-0.15, -0.1) is 5.73 Å². The van der Waals surface area contributed by atoms with Gasteiger partial charge in [-0.25, -0.2) is 0 Å². The average Bonchev–Trinajstić information content (AvgIpc) is 1.86. The minimum absolute atomic E-state index is 0.115. The van der Waals surface area contributed by atoms with Crippen LogP contribution in [-0.2, 0) is 0 Å². The Labute approximate surface area is 62.1 Å². The largest absolute Gasteiger partial charge is 0.324 e. The molecule has 0 aromatic rings. The van der Waals surface area contributed by atoms with Crippen LogP contribution in [0, 0.1) is 5.41 Å². The topological polar surface area (TPSA) is 38.4 Å². The lowest BCUT2D eigenvalue weighted by Gasteiger charge is -2.17. The Bertz CT molecular complexity index is 183. The van der Waals surface area contributed by atoms with E-state index in [4.69, 9.17) is 5.84 Å². The summed E-state index contributed by atoms with van der Waals surface area (Å²) in [5.41, 5.74) is 3.74. The summed E-state index contributed by atoms with van der Waals surface area (Å²) in [4.78, 5) is 0. The van der Waals surface area contributed by atoms with Crippen molar-refractivity contribution in [1.82, 2.24) is 0 Å². The molecule has 0 fully saturated rings. The number of hydrogen-bond acceptors (Lipinski definition) is 2. The second-order valence-electron chi connectivity index (χ2n) is 2.80. The molecule has 0 saturated heterocycles. The monoisotopic (exact) mass is 138 g/mol. The van der Waals surface area contributed by atoms with Gasteiger partial charge in [-0.3, -0.25) is 0 Å². The lowest BCUT2D eigenvalue weighted by Crippen LogP contribution is -2.14. The van der Waals surface area contributed by atoms with E-state index in [1.807, 2.05) is 20.8 Å². The van der Waals surface area contributed by atoms with Crippen LogP contribution in [0.1, 0.15) is 20.8 Å². The molecule has 0 rings (SSSR count). The van der Waals surface area contributed by atoms with Crippen molar-refractivity contribution in [3.8, 4) is 0 Å². The maximum atomic E-state index is 5.02. The number of hydrazone groups is 1. The lowest BCUT2D eigenvalue weighted by molar-refractivity contribution is 0.642. The Balaban J connectivity index is 4.56. The van der Waals surface area contributed by atoms with Crippen LogP contribution in [0.3, 0.4) is 0 Å². The third-order valence-corrected chi connectivity index (χ3v) is 1.63. The van der Waals surface area contributed by atoms with Gasteiger partial charge in [-0.2, -0.15) is 5.10 Å². The van der Waals surface area contributed by atoms with Crippen LogP contribution in [0.4, 0.5) is 0 Å². The van der Waals surface area contributed by atoms with Gasteiger partial charge in [0.1, 0.15) is 0 Å². The molecule has 0 spiro atoms. The molecule has 0 amide bonds. The van der Waals surface area contributed by atoms with Crippen molar-refractivity contribution in [1.29, 1.82) is 0 Å². The minimum Gasteiger partial charge on any atom is -0.324 e. The summed E-state index contributed by atoms with van der Waals surface area (Å²) < 4.78 is 0. The number of nitrogens with two attached hydrogens (primary N) is 1. The summed E-state index contributed by atoms with van der Waals surface area (Å²) in [7, 11) is 0. The second-order valence-corrected chi connectivity index (χ2v) is 2.80. The molecule has 0 heterocycles. The number of rotatable bonds is 2. The van der Waals surface area contributed by atoms with Crippen LogP contribution < -0.4 is 5.84 Å². The highest BCUT2D eigenvalue weighted by Gasteiger charge is 2.16. The Morgan fingerprint density at radius 2 is 2.20 bits per heavy atom. The molecular weight excluding hydrogens is 124 g/mol. The highest BCUT2D eigenvalue weighted by atomic mass is 15.1.